The third-order valence-corrected chi connectivity index (χ3v) is 4.05. The third kappa shape index (κ3) is 4.51. The van der Waals surface area contributed by atoms with Gasteiger partial charge in [0.2, 0.25) is 0 Å². The van der Waals surface area contributed by atoms with Crippen LogP contribution in [0.5, 0.6) is 5.75 Å². The van der Waals surface area contributed by atoms with E-state index in [1.54, 1.807) is 18.2 Å². The van der Waals surface area contributed by atoms with Crippen LogP contribution in [0.25, 0.3) is 0 Å². The number of hydrogen-bond acceptors (Lipinski definition) is 3. The molecule has 2 rings (SSSR count). The molecule has 0 unspecified atom stereocenters. The van der Waals surface area contributed by atoms with Crippen molar-refractivity contribution in [1.29, 1.82) is 0 Å². The summed E-state index contributed by atoms with van der Waals surface area (Å²) in [5, 5.41) is 6.28. The van der Waals surface area contributed by atoms with Gasteiger partial charge in [0, 0.05) is 31.0 Å². The lowest BCUT2D eigenvalue weighted by molar-refractivity contribution is 0.0573. The van der Waals surface area contributed by atoms with Gasteiger partial charge in [-0.05, 0) is 37.8 Å². The molecule has 6 heteroatoms. The average molecular weight is 313 g/mol. The molecule has 2 amide bonds. The minimum absolute atomic E-state index is 0.114. The number of carbonyl (C=O) groups excluding carboxylic acids is 1. The summed E-state index contributed by atoms with van der Waals surface area (Å²) in [5.74, 6) is 0.996. The van der Waals surface area contributed by atoms with Gasteiger partial charge in [0.15, 0.2) is 0 Å². The Kier molecular flexibility index (Phi) is 5.70. The first kappa shape index (κ1) is 15.9. The topological polar surface area (TPSA) is 59.6 Å². The van der Waals surface area contributed by atoms with Crippen molar-refractivity contribution in [2.75, 3.05) is 25.6 Å². The molecular formula is C15H21ClN2O3. The molecule has 1 heterocycles. The van der Waals surface area contributed by atoms with Gasteiger partial charge in [-0.15, -0.1) is 0 Å². The van der Waals surface area contributed by atoms with Gasteiger partial charge < -0.3 is 20.1 Å². The van der Waals surface area contributed by atoms with Crippen LogP contribution in [0.3, 0.4) is 0 Å². The Morgan fingerprint density at radius 2 is 2.14 bits per heavy atom. The fourth-order valence-corrected chi connectivity index (χ4v) is 2.64. The number of rotatable bonds is 4. The highest BCUT2D eigenvalue weighted by Crippen LogP contribution is 2.27. The maximum atomic E-state index is 12.0. The second kappa shape index (κ2) is 7.52. The fraction of sp³-hybridized carbons (Fsp3) is 0.533. The number of benzene rings is 1. The monoisotopic (exact) mass is 312 g/mol. The Morgan fingerprint density at radius 1 is 1.43 bits per heavy atom. The van der Waals surface area contributed by atoms with Gasteiger partial charge >= 0.3 is 6.03 Å². The Morgan fingerprint density at radius 3 is 2.81 bits per heavy atom. The lowest BCUT2D eigenvalue weighted by Crippen LogP contribution is -2.42. The quantitative estimate of drug-likeness (QED) is 0.897. The molecule has 1 fully saturated rings. The average Bonchev–Trinajstić information content (AvgIpc) is 2.50. The largest absolute Gasteiger partial charge is 0.495 e. The summed E-state index contributed by atoms with van der Waals surface area (Å²) in [7, 11) is 1.54. The van der Waals surface area contributed by atoms with Crippen LogP contribution in [0, 0.1) is 5.92 Å². The molecule has 1 aliphatic heterocycles. The van der Waals surface area contributed by atoms with E-state index in [1.165, 1.54) is 7.11 Å². The normalized spacial score (nSPS) is 17.1. The van der Waals surface area contributed by atoms with Crippen LogP contribution in [-0.4, -0.2) is 32.4 Å². The molecule has 116 valence electrons. The standard InChI is InChI=1S/C15H21ClN2O3/c1-10(11-5-7-21-8-6-11)17-15(19)18-12-3-4-13(16)14(9-12)20-2/h3-4,9-11H,5-8H2,1-2H3,(H2,17,18,19)/t10-/m0/s1. The maximum Gasteiger partial charge on any atom is 0.319 e. The molecule has 2 N–H and O–H groups in total. The number of carbonyl (C=O) groups is 1. The van der Waals surface area contributed by atoms with Gasteiger partial charge in [0.05, 0.1) is 12.1 Å². The van der Waals surface area contributed by atoms with Crippen molar-refractivity contribution in [2.45, 2.75) is 25.8 Å². The van der Waals surface area contributed by atoms with E-state index in [1.807, 2.05) is 6.92 Å². The second-order valence-corrected chi connectivity index (χ2v) is 5.59. The lowest BCUT2D eigenvalue weighted by atomic mass is 9.93. The maximum absolute atomic E-state index is 12.0. The SMILES string of the molecule is COc1cc(NC(=O)N[C@@H](C)C2CCOCC2)ccc1Cl. The zero-order chi connectivity index (χ0) is 15.2. The molecule has 0 bridgehead atoms. The van der Waals surface area contributed by atoms with Crippen LogP contribution in [-0.2, 0) is 4.74 Å². The molecule has 1 aromatic rings. The Balaban J connectivity index is 1.89. The molecule has 1 saturated heterocycles. The van der Waals surface area contributed by atoms with Gasteiger partial charge in [-0.25, -0.2) is 4.79 Å². The lowest BCUT2D eigenvalue weighted by Gasteiger charge is -2.28. The Hall–Kier alpha value is -1.46. The van der Waals surface area contributed by atoms with E-state index in [9.17, 15) is 4.79 Å². The van der Waals surface area contributed by atoms with Crippen LogP contribution in [0.15, 0.2) is 18.2 Å². The van der Waals surface area contributed by atoms with Crippen LogP contribution < -0.4 is 15.4 Å². The number of methoxy groups -OCH3 is 1. The van der Waals surface area contributed by atoms with E-state index in [2.05, 4.69) is 10.6 Å². The van der Waals surface area contributed by atoms with E-state index in [4.69, 9.17) is 21.1 Å². The van der Waals surface area contributed by atoms with Crippen LogP contribution in [0.4, 0.5) is 10.5 Å². The van der Waals surface area contributed by atoms with Gasteiger partial charge in [0.1, 0.15) is 5.75 Å². The van der Waals surface area contributed by atoms with Crippen LogP contribution in [0.2, 0.25) is 5.02 Å². The Labute approximate surface area is 130 Å². The Bertz CT molecular complexity index is 490. The molecule has 0 radical (unpaired) electrons. The highest BCUT2D eigenvalue weighted by molar-refractivity contribution is 6.32. The van der Waals surface area contributed by atoms with Crippen molar-refractivity contribution >= 4 is 23.3 Å². The molecule has 0 spiro atoms. The fourth-order valence-electron chi connectivity index (χ4n) is 2.45. The molecule has 5 nitrogen and oxygen atoms in total. The number of amides is 2. The minimum atomic E-state index is -0.224. The molecule has 1 atom stereocenters. The summed E-state index contributed by atoms with van der Waals surface area (Å²) < 4.78 is 10.5. The number of halogens is 1. The smallest absolute Gasteiger partial charge is 0.319 e. The highest BCUT2D eigenvalue weighted by Gasteiger charge is 2.21. The zero-order valence-electron chi connectivity index (χ0n) is 12.3. The molecular weight excluding hydrogens is 292 g/mol. The van der Waals surface area contributed by atoms with Crippen molar-refractivity contribution in [1.82, 2.24) is 5.32 Å². The number of urea groups is 1. The van der Waals surface area contributed by atoms with Gasteiger partial charge in [0.25, 0.3) is 0 Å². The van der Waals surface area contributed by atoms with E-state index >= 15 is 0 Å². The van der Waals surface area contributed by atoms with Crippen molar-refractivity contribution in [3.63, 3.8) is 0 Å². The predicted molar refractivity (Wildman–Crippen MR) is 83.2 cm³/mol. The van der Waals surface area contributed by atoms with Gasteiger partial charge in [-0.3, -0.25) is 0 Å². The van der Waals surface area contributed by atoms with Crippen LogP contribution >= 0.6 is 11.6 Å². The second-order valence-electron chi connectivity index (χ2n) is 5.19. The van der Waals surface area contributed by atoms with E-state index < -0.39 is 0 Å². The molecule has 1 aromatic carbocycles. The number of hydrogen-bond donors (Lipinski definition) is 2. The summed E-state index contributed by atoms with van der Waals surface area (Å²) in [6, 6.07) is 5.02. The van der Waals surface area contributed by atoms with Crippen molar-refractivity contribution in [2.24, 2.45) is 5.92 Å². The molecule has 21 heavy (non-hydrogen) atoms. The summed E-state index contributed by atoms with van der Waals surface area (Å²) >= 11 is 5.95. The number of anilines is 1. The number of ether oxygens (including phenoxy) is 2. The van der Waals surface area contributed by atoms with Crippen molar-refractivity contribution < 1.29 is 14.3 Å². The summed E-state index contributed by atoms with van der Waals surface area (Å²) in [5.41, 5.74) is 0.646. The molecule has 0 saturated carbocycles. The van der Waals surface area contributed by atoms with E-state index in [-0.39, 0.29) is 12.1 Å². The first-order chi connectivity index (χ1) is 10.1. The first-order valence-corrected chi connectivity index (χ1v) is 7.46. The predicted octanol–water partition coefficient (Wildman–Crippen LogP) is 3.29. The van der Waals surface area contributed by atoms with Crippen molar-refractivity contribution in [3.05, 3.63) is 23.2 Å². The molecule has 0 aliphatic carbocycles. The third-order valence-electron chi connectivity index (χ3n) is 3.74. The highest BCUT2D eigenvalue weighted by atomic mass is 35.5. The van der Waals surface area contributed by atoms with Crippen molar-refractivity contribution in [3.8, 4) is 5.75 Å². The minimum Gasteiger partial charge on any atom is -0.495 e. The molecule has 1 aliphatic rings. The zero-order valence-corrected chi connectivity index (χ0v) is 13.1. The molecule has 0 aromatic heterocycles. The summed E-state index contributed by atoms with van der Waals surface area (Å²) in [6.45, 7) is 3.57. The van der Waals surface area contributed by atoms with E-state index in [0.717, 1.165) is 26.1 Å². The van der Waals surface area contributed by atoms with Gasteiger partial charge in [-0.1, -0.05) is 11.6 Å². The first-order valence-electron chi connectivity index (χ1n) is 7.09. The number of nitrogens with one attached hydrogen (secondary N) is 2. The summed E-state index contributed by atoms with van der Waals surface area (Å²) in [4.78, 5) is 12.0. The van der Waals surface area contributed by atoms with E-state index in [0.29, 0.717) is 22.4 Å². The summed E-state index contributed by atoms with van der Waals surface area (Å²) in [6.07, 6.45) is 1.96. The van der Waals surface area contributed by atoms with Gasteiger partial charge in [-0.2, -0.15) is 0 Å². The van der Waals surface area contributed by atoms with Crippen LogP contribution in [0.1, 0.15) is 19.8 Å².